The molecule has 1 aliphatic heterocycles. The maximum atomic E-state index is 12.8. The van der Waals surface area contributed by atoms with Crippen molar-refractivity contribution < 1.29 is 8.42 Å². The van der Waals surface area contributed by atoms with Gasteiger partial charge in [-0.1, -0.05) is 39.0 Å². The van der Waals surface area contributed by atoms with Gasteiger partial charge in [-0.2, -0.15) is 0 Å². The van der Waals surface area contributed by atoms with E-state index in [1.807, 2.05) is 32.9 Å². The predicted octanol–water partition coefficient (Wildman–Crippen LogP) is 1.51. The van der Waals surface area contributed by atoms with Crippen molar-refractivity contribution >= 4 is 10.0 Å². The van der Waals surface area contributed by atoms with E-state index in [-0.39, 0.29) is 11.5 Å². The van der Waals surface area contributed by atoms with Gasteiger partial charge in [0.2, 0.25) is 10.0 Å². The Morgan fingerprint density at radius 1 is 1.17 bits per heavy atom. The molecule has 0 radical (unpaired) electrons. The van der Waals surface area contributed by atoms with Crippen LogP contribution in [0.1, 0.15) is 26.3 Å². The van der Waals surface area contributed by atoms with E-state index >= 15 is 0 Å². The Labute approximate surface area is 140 Å². The van der Waals surface area contributed by atoms with Crippen LogP contribution in [0.3, 0.4) is 0 Å². The first-order valence-electron chi connectivity index (χ1n) is 8.09. The Hall–Kier alpha value is -0.950. The molecule has 1 heterocycles. The van der Waals surface area contributed by atoms with Crippen molar-refractivity contribution in [3.05, 3.63) is 29.8 Å². The highest BCUT2D eigenvalue weighted by molar-refractivity contribution is 7.89. The van der Waals surface area contributed by atoms with Crippen LogP contribution >= 0.6 is 0 Å². The Bertz CT molecular complexity index is 637. The van der Waals surface area contributed by atoms with Gasteiger partial charge in [0.1, 0.15) is 0 Å². The second-order valence-electron chi connectivity index (χ2n) is 7.49. The van der Waals surface area contributed by atoms with Crippen LogP contribution in [0, 0.1) is 0 Å². The summed E-state index contributed by atoms with van der Waals surface area (Å²) in [5.41, 5.74) is 0.634. The molecule has 23 heavy (non-hydrogen) atoms. The van der Waals surface area contributed by atoms with E-state index in [0.29, 0.717) is 11.4 Å². The molecule has 0 saturated carbocycles. The van der Waals surface area contributed by atoms with Gasteiger partial charge in [-0.3, -0.25) is 4.90 Å². The van der Waals surface area contributed by atoms with Gasteiger partial charge in [-0.15, -0.1) is 0 Å². The minimum Gasteiger partial charge on any atom is -0.303 e. The lowest BCUT2D eigenvalue weighted by molar-refractivity contribution is 0.117. The van der Waals surface area contributed by atoms with Gasteiger partial charge >= 0.3 is 0 Å². The monoisotopic (exact) mass is 339 g/mol. The molecule has 0 amide bonds. The fourth-order valence-corrected chi connectivity index (χ4v) is 4.41. The quantitative estimate of drug-likeness (QED) is 0.903. The second kappa shape index (κ2) is 6.89. The van der Waals surface area contributed by atoms with Crippen LogP contribution in [0.25, 0.3) is 0 Å². The molecule has 1 aromatic carbocycles. The molecular weight excluding hydrogens is 310 g/mol. The summed E-state index contributed by atoms with van der Waals surface area (Å²) in [5, 5.41) is 0. The van der Waals surface area contributed by atoms with Gasteiger partial charge in [-0.25, -0.2) is 13.1 Å². The number of benzene rings is 1. The van der Waals surface area contributed by atoms with Crippen LogP contribution in [0.4, 0.5) is 0 Å². The summed E-state index contributed by atoms with van der Waals surface area (Å²) in [4.78, 5) is 4.85. The maximum Gasteiger partial charge on any atom is 0.240 e. The number of hydrogen-bond donors (Lipinski definition) is 1. The third-order valence-electron chi connectivity index (χ3n) is 4.47. The first kappa shape index (κ1) is 18.4. The molecule has 2 rings (SSSR count). The zero-order valence-electron chi connectivity index (χ0n) is 14.8. The van der Waals surface area contributed by atoms with Crippen molar-refractivity contribution in [3.63, 3.8) is 0 Å². The number of likely N-dealkylation sites (N-methyl/N-ethyl adjacent to an activating group) is 2. The fourth-order valence-electron chi connectivity index (χ4n) is 2.93. The molecule has 6 heteroatoms. The minimum atomic E-state index is -3.51. The van der Waals surface area contributed by atoms with Crippen LogP contribution in [-0.4, -0.2) is 64.5 Å². The lowest BCUT2D eigenvalue weighted by atomic mass is 9.87. The lowest BCUT2D eigenvalue weighted by Gasteiger charge is -2.37. The third kappa shape index (κ3) is 4.53. The number of nitrogens with one attached hydrogen (secondary N) is 1. The van der Waals surface area contributed by atoms with Crippen LogP contribution in [0.15, 0.2) is 29.2 Å². The van der Waals surface area contributed by atoms with Gasteiger partial charge in [0.25, 0.3) is 0 Å². The molecule has 0 spiro atoms. The highest BCUT2D eigenvalue weighted by Crippen LogP contribution is 2.28. The molecule has 1 aromatic rings. The number of nitrogens with zero attached hydrogens (tertiary/aromatic N) is 2. The van der Waals surface area contributed by atoms with Crippen molar-refractivity contribution in [1.29, 1.82) is 0 Å². The number of piperazine rings is 1. The summed E-state index contributed by atoms with van der Waals surface area (Å²) in [6.45, 7) is 9.39. The second-order valence-corrected chi connectivity index (χ2v) is 9.23. The van der Waals surface area contributed by atoms with Crippen molar-refractivity contribution in [2.75, 3.05) is 40.3 Å². The summed E-state index contributed by atoms with van der Waals surface area (Å²) < 4.78 is 28.4. The third-order valence-corrected chi connectivity index (χ3v) is 5.96. The number of sulfonamides is 1. The van der Waals surface area contributed by atoms with Gasteiger partial charge < -0.3 is 4.90 Å². The zero-order chi connectivity index (χ0) is 17.3. The van der Waals surface area contributed by atoms with E-state index < -0.39 is 10.0 Å². The van der Waals surface area contributed by atoms with Gasteiger partial charge in [0.05, 0.1) is 4.90 Å². The topological polar surface area (TPSA) is 52.6 Å². The van der Waals surface area contributed by atoms with Gasteiger partial charge in [-0.05, 0) is 31.1 Å². The molecule has 0 bridgehead atoms. The standard InChI is InChI=1S/C17H29N3O2S/c1-17(2,3)15-8-6-7-9-16(15)23(21,22)18-12-14-13-19(4)10-11-20(14)5/h6-9,14,18H,10-13H2,1-5H3. The molecular formula is C17H29N3O2S. The summed E-state index contributed by atoms with van der Waals surface area (Å²) in [7, 11) is 0.614. The van der Waals surface area contributed by atoms with Crippen molar-refractivity contribution in [3.8, 4) is 0 Å². The fraction of sp³-hybridized carbons (Fsp3) is 0.647. The number of hydrogen-bond acceptors (Lipinski definition) is 4. The largest absolute Gasteiger partial charge is 0.303 e. The van der Waals surface area contributed by atoms with E-state index in [2.05, 4.69) is 28.6 Å². The van der Waals surface area contributed by atoms with E-state index in [1.54, 1.807) is 12.1 Å². The molecule has 1 unspecified atom stereocenters. The van der Waals surface area contributed by atoms with Crippen LogP contribution in [0.2, 0.25) is 0 Å². The first-order chi connectivity index (χ1) is 10.6. The van der Waals surface area contributed by atoms with Crippen molar-refractivity contribution in [2.24, 2.45) is 0 Å². The summed E-state index contributed by atoms with van der Waals surface area (Å²) in [6.07, 6.45) is 0. The summed E-state index contributed by atoms with van der Waals surface area (Å²) in [5.74, 6) is 0. The molecule has 1 N–H and O–H groups in total. The zero-order valence-corrected chi connectivity index (χ0v) is 15.7. The smallest absolute Gasteiger partial charge is 0.240 e. The van der Waals surface area contributed by atoms with Crippen LogP contribution in [0.5, 0.6) is 0 Å². The van der Waals surface area contributed by atoms with E-state index in [0.717, 1.165) is 25.2 Å². The maximum absolute atomic E-state index is 12.8. The SMILES string of the molecule is CN1CCN(C)C(CNS(=O)(=O)c2ccccc2C(C)(C)C)C1. The van der Waals surface area contributed by atoms with Crippen molar-refractivity contribution in [1.82, 2.24) is 14.5 Å². The molecule has 0 aromatic heterocycles. The molecule has 1 atom stereocenters. The molecule has 130 valence electrons. The average molecular weight is 340 g/mol. The van der Waals surface area contributed by atoms with E-state index in [4.69, 9.17) is 0 Å². The van der Waals surface area contributed by atoms with Gasteiger partial charge in [0, 0.05) is 32.2 Å². The molecule has 5 nitrogen and oxygen atoms in total. The summed E-state index contributed by atoms with van der Waals surface area (Å²) in [6, 6.07) is 7.47. The van der Waals surface area contributed by atoms with Crippen LogP contribution in [-0.2, 0) is 15.4 Å². The normalized spacial score (nSPS) is 21.5. The number of rotatable bonds is 4. The first-order valence-corrected chi connectivity index (χ1v) is 9.57. The summed E-state index contributed by atoms with van der Waals surface area (Å²) >= 11 is 0. The highest BCUT2D eigenvalue weighted by Gasteiger charge is 2.28. The highest BCUT2D eigenvalue weighted by atomic mass is 32.2. The predicted molar refractivity (Wildman–Crippen MR) is 94.2 cm³/mol. The molecule has 1 aliphatic rings. The molecule has 1 saturated heterocycles. The van der Waals surface area contributed by atoms with Crippen molar-refractivity contribution in [2.45, 2.75) is 37.1 Å². The average Bonchev–Trinajstić information content (AvgIpc) is 2.47. The minimum absolute atomic E-state index is 0.199. The van der Waals surface area contributed by atoms with E-state index in [9.17, 15) is 8.42 Å². The Balaban J connectivity index is 2.17. The van der Waals surface area contributed by atoms with Gasteiger partial charge in [0.15, 0.2) is 0 Å². The Morgan fingerprint density at radius 2 is 1.83 bits per heavy atom. The van der Waals surface area contributed by atoms with Crippen LogP contribution < -0.4 is 4.72 Å². The van der Waals surface area contributed by atoms with E-state index in [1.165, 1.54) is 0 Å². The Kier molecular flexibility index (Phi) is 5.51. The molecule has 0 aliphatic carbocycles. The molecule has 1 fully saturated rings. The Morgan fingerprint density at radius 3 is 2.48 bits per heavy atom. The lowest BCUT2D eigenvalue weighted by Crippen LogP contribution is -2.54.